The van der Waals surface area contributed by atoms with Crippen LogP contribution < -0.4 is 4.90 Å². The second-order valence-electron chi connectivity index (χ2n) is 7.37. The van der Waals surface area contributed by atoms with E-state index >= 15 is 0 Å². The smallest absolute Gasteiger partial charge is 0.234 e. The highest BCUT2D eigenvalue weighted by molar-refractivity contribution is 6.03. The first-order valence-corrected chi connectivity index (χ1v) is 9.41. The number of hydrogen-bond donors (Lipinski definition) is 0. The third-order valence-corrected chi connectivity index (χ3v) is 5.57. The molecule has 0 bridgehead atoms. The standard InChI is InChI=1S/C22H26N2O/c1-17-10-12-19(13-11-17)24-21(18-8-4-2-5-9-18)20(22(24)25)16-23-14-6-3-7-15-23/h2,4-5,8-13,20-21H,3,6-7,14-16H2,1H3/t20-,21-/m0/s1. The van der Waals surface area contributed by atoms with Crippen molar-refractivity contribution in [2.75, 3.05) is 24.5 Å². The molecular weight excluding hydrogens is 308 g/mol. The Morgan fingerprint density at radius 2 is 1.60 bits per heavy atom. The number of amides is 1. The van der Waals surface area contributed by atoms with Crippen LogP contribution in [0.2, 0.25) is 0 Å². The highest BCUT2D eigenvalue weighted by atomic mass is 16.2. The Balaban J connectivity index is 1.60. The molecular formula is C22H26N2O. The van der Waals surface area contributed by atoms with Gasteiger partial charge in [-0.15, -0.1) is 0 Å². The van der Waals surface area contributed by atoms with Crippen molar-refractivity contribution in [2.24, 2.45) is 5.92 Å². The Morgan fingerprint density at radius 3 is 2.28 bits per heavy atom. The van der Waals surface area contributed by atoms with E-state index in [0.717, 1.165) is 25.3 Å². The third kappa shape index (κ3) is 3.21. The molecule has 2 atom stereocenters. The van der Waals surface area contributed by atoms with Gasteiger partial charge in [0.25, 0.3) is 0 Å². The lowest BCUT2D eigenvalue weighted by molar-refractivity contribution is -0.131. The molecule has 2 aromatic rings. The number of nitrogens with zero attached hydrogens (tertiary/aromatic N) is 2. The molecule has 0 saturated carbocycles. The van der Waals surface area contributed by atoms with Crippen molar-refractivity contribution in [1.29, 1.82) is 0 Å². The normalized spacial score (nSPS) is 24.2. The van der Waals surface area contributed by atoms with Gasteiger partial charge >= 0.3 is 0 Å². The highest BCUT2D eigenvalue weighted by Crippen LogP contribution is 2.44. The summed E-state index contributed by atoms with van der Waals surface area (Å²) in [7, 11) is 0. The molecule has 0 N–H and O–H groups in total. The Bertz CT molecular complexity index is 719. The first kappa shape index (κ1) is 16.3. The summed E-state index contributed by atoms with van der Waals surface area (Å²) in [6.07, 6.45) is 3.85. The second kappa shape index (κ2) is 7.01. The third-order valence-electron chi connectivity index (χ3n) is 5.57. The summed E-state index contributed by atoms with van der Waals surface area (Å²) in [4.78, 5) is 17.5. The number of piperidine rings is 1. The van der Waals surface area contributed by atoms with Crippen molar-refractivity contribution in [1.82, 2.24) is 4.90 Å². The van der Waals surface area contributed by atoms with Gasteiger partial charge in [0.1, 0.15) is 0 Å². The largest absolute Gasteiger partial charge is 0.304 e. The van der Waals surface area contributed by atoms with Gasteiger partial charge in [0.05, 0.1) is 12.0 Å². The first-order valence-electron chi connectivity index (χ1n) is 9.41. The number of anilines is 1. The predicted molar refractivity (Wildman–Crippen MR) is 102 cm³/mol. The maximum Gasteiger partial charge on any atom is 0.234 e. The SMILES string of the molecule is Cc1ccc(N2C(=O)[C@@H](CN3CCCCC3)[C@@H]2c2ccccc2)cc1. The van der Waals surface area contributed by atoms with Gasteiger partial charge in [-0.25, -0.2) is 0 Å². The molecule has 130 valence electrons. The van der Waals surface area contributed by atoms with Crippen molar-refractivity contribution in [3.05, 3.63) is 65.7 Å². The van der Waals surface area contributed by atoms with Crippen molar-refractivity contribution in [3.63, 3.8) is 0 Å². The van der Waals surface area contributed by atoms with E-state index in [1.165, 1.54) is 30.4 Å². The van der Waals surface area contributed by atoms with Crippen LogP contribution in [0.15, 0.2) is 54.6 Å². The Hall–Kier alpha value is -2.13. The number of benzene rings is 2. The topological polar surface area (TPSA) is 23.6 Å². The molecule has 0 aromatic heterocycles. The van der Waals surface area contributed by atoms with Gasteiger partial charge in [0.2, 0.25) is 5.91 Å². The molecule has 2 aliphatic heterocycles. The molecule has 1 amide bonds. The lowest BCUT2D eigenvalue weighted by Crippen LogP contribution is -2.59. The fraction of sp³-hybridized carbons (Fsp3) is 0.409. The molecule has 2 aromatic carbocycles. The first-order chi connectivity index (χ1) is 12.2. The van der Waals surface area contributed by atoms with Crippen LogP contribution in [0.1, 0.15) is 36.4 Å². The quantitative estimate of drug-likeness (QED) is 0.783. The summed E-state index contributed by atoms with van der Waals surface area (Å²) in [5.74, 6) is 0.338. The van der Waals surface area contributed by atoms with E-state index in [4.69, 9.17) is 0 Å². The van der Waals surface area contributed by atoms with Crippen molar-refractivity contribution < 1.29 is 4.79 Å². The van der Waals surface area contributed by atoms with E-state index in [1.54, 1.807) is 0 Å². The fourth-order valence-electron chi connectivity index (χ4n) is 4.17. The molecule has 2 heterocycles. The molecule has 25 heavy (non-hydrogen) atoms. The van der Waals surface area contributed by atoms with Crippen LogP contribution >= 0.6 is 0 Å². The minimum atomic E-state index is 0.0711. The van der Waals surface area contributed by atoms with Gasteiger partial charge in [-0.1, -0.05) is 54.4 Å². The number of β-lactam (4-membered cyclic amide) rings is 1. The Morgan fingerprint density at radius 1 is 0.920 bits per heavy atom. The highest BCUT2D eigenvalue weighted by Gasteiger charge is 2.49. The molecule has 2 saturated heterocycles. The van der Waals surface area contributed by atoms with E-state index in [2.05, 4.69) is 60.4 Å². The molecule has 2 fully saturated rings. The number of carbonyl (C=O) groups is 1. The fourth-order valence-corrected chi connectivity index (χ4v) is 4.17. The van der Waals surface area contributed by atoms with Crippen LogP contribution in [-0.4, -0.2) is 30.4 Å². The maximum absolute atomic E-state index is 13.0. The summed E-state index contributed by atoms with van der Waals surface area (Å²) >= 11 is 0. The zero-order valence-electron chi connectivity index (χ0n) is 14.9. The monoisotopic (exact) mass is 334 g/mol. The van der Waals surface area contributed by atoms with Crippen LogP contribution in [0.4, 0.5) is 5.69 Å². The number of likely N-dealkylation sites (tertiary alicyclic amines) is 1. The van der Waals surface area contributed by atoms with E-state index in [-0.39, 0.29) is 17.9 Å². The van der Waals surface area contributed by atoms with E-state index in [9.17, 15) is 4.79 Å². The minimum absolute atomic E-state index is 0.0711. The average molecular weight is 334 g/mol. The number of hydrogen-bond acceptors (Lipinski definition) is 2. The lowest BCUT2D eigenvalue weighted by Gasteiger charge is -2.49. The maximum atomic E-state index is 13.0. The zero-order chi connectivity index (χ0) is 17.2. The molecule has 0 aliphatic carbocycles. The Kier molecular flexibility index (Phi) is 4.58. The molecule has 0 unspecified atom stereocenters. The summed E-state index contributed by atoms with van der Waals surface area (Å²) in [6.45, 7) is 5.24. The van der Waals surface area contributed by atoms with Crippen molar-refractivity contribution in [2.45, 2.75) is 32.2 Å². The Labute approximate surface area is 150 Å². The summed E-state index contributed by atoms with van der Waals surface area (Å²) in [6, 6.07) is 19.0. The molecule has 0 spiro atoms. The van der Waals surface area contributed by atoms with Gasteiger partial charge < -0.3 is 9.80 Å². The van der Waals surface area contributed by atoms with Crippen LogP contribution in [0.5, 0.6) is 0 Å². The molecule has 4 rings (SSSR count). The van der Waals surface area contributed by atoms with Crippen molar-refractivity contribution in [3.8, 4) is 0 Å². The van der Waals surface area contributed by atoms with Crippen LogP contribution in [-0.2, 0) is 4.79 Å². The molecule has 3 nitrogen and oxygen atoms in total. The number of aryl methyl sites for hydroxylation is 1. The minimum Gasteiger partial charge on any atom is -0.304 e. The van der Waals surface area contributed by atoms with E-state index < -0.39 is 0 Å². The number of carbonyl (C=O) groups excluding carboxylic acids is 1. The lowest BCUT2D eigenvalue weighted by atomic mass is 9.81. The van der Waals surface area contributed by atoms with Gasteiger partial charge in [-0.2, -0.15) is 0 Å². The van der Waals surface area contributed by atoms with Crippen LogP contribution in [0.3, 0.4) is 0 Å². The van der Waals surface area contributed by atoms with Gasteiger partial charge in [-0.05, 0) is 50.6 Å². The van der Waals surface area contributed by atoms with Gasteiger partial charge in [0, 0.05) is 12.2 Å². The molecule has 0 radical (unpaired) electrons. The summed E-state index contributed by atoms with van der Waals surface area (Å²) < 4.78 is 0. The molecule has 2 aliphatic rings. The van der Waals surface area contributed by atoms with Crippen molar-refractivity contribution >= 4 is 11.6 Å². The van der Waals surface area contributed by atoms with E-state index in [0.29, 0.717) is 0 Å². The molecule has 3 heteroatoms. The van der Waals surface area contributed by atoms with E-state index in [1.807, 2.05) is 11.0 Å². The van der Waals surface area contributed by atoms with Crippen LogP contribution in [0, 0.1) is 12.8 Å². The van der Waals surface area contributed by atoms with Gasteiger partial charge in [0.15, 0.2) is 0 Å². The number of rotatable bonds is 4. The van der Waals surface area contributed by atoms with Crippen LogP contribution in [0.25, 0.3) is 0 Å². The second-order valence-corrected chi connectivity index (χ2v) is 7.37. The van der Waals surface area contributed by atoms with Gasteiger partial charge in [-0.3, -0.25) is 4.79 Å². The predicted octanol–water partition coefficient (Wildman–Crippen LogP) is 4.19. The summed E-state index contributed by atoms with van der Waals surface area (Å²) in [5, 5.41) is 0. The zero-order valence-corrected chi connectivity index (χ0v) is 14.9. The average Bonchev–Trinajstić information content (AvgIpc) is 2.66. The summed E-state index contributed by atoms with van der Waals surface area (Å²) in [5.41, 5.74) is 3.47.